The van der Waals surface area contributed by atoms with Gasteiger partial charge in [0.1, 0.15) is 0 Å². The number of nitrogens with one attached hydrogen (secondary N) is 1. The van der Waals surface area contributed by atoms with Crippen molar-refractivity contribution in [1.29, 1.82) is 0 Å². The van der Waals surface area contributed by atoms with Crippen molar-refractivity contribution < 1.29 is 14.2 Å². The molecule has 1 aromatic rings. The Labute approximate surface area is 107 Å². The van der Waals surface area contributed by atoms with Gasteiger partial charge in [0.15, 0.2) is 11.5 Å². The van der Waals surface area contributed by atoms with Crippen LogP contribution in [-0.2, 0) is 4.74 Å². The number of methoxy groups -OCH3 is 1. The van der Waals surface area contributed by atoms with Crippen LogP contribution in [0, 0.1) is 0 Å². The first-order chi connectivity index (χ1) is 8.88. The summed E-state index contributed by atoms with van der Waals surface area (Å²) in [6.07, 6.45) is 0. The number of fused-ring (bicyclic) bond motifs is 1. The van der Waals surface area contributed by atoms with Gasteiger partial charge in [0.25, 0.3) is 0 Å². The quantitative estimate of drug-likeness (QED) is 0.861. The number of hydrogen-bond acceptors (Lipinski definition) is 5. The van der Waals surface area contributed by atoms with Crippen LogP contribution in [-0.4, -0.2) is 46.2 Å². The van der Waals surface area contributed by atoms with Crippen molar-refractivity contribution in [3.8, 4) is 11.5 Å². The minimum atomic E-state index is 0.321. The first-order valence-electron chi connectivity index (χ1n) is 6.24. The standard InChI is InChI=1S/C13H18N2O3/c1-16-8-11-7-14-4-5-15(11)10-2-3-12-13(6-10)18-9-17-12/h2-3,6,11,14H,4-5,7-9H2,1H3. The Hall–Kier alpha value is -1.46. The molecule has 3 rings (SSSR count). The highest BCUT2D eigenvalue weighted by Gasteiger charge is 2.24. The van der Waals surface area contributed by atoms with Crippen molar-refractivity contribution in [2.75, 3.05) is 45.0 Å². The van der Waals surface area contributed by atoms with E-state index in [1.807, 2.05) is 6.07 Å². The molecular weight excluding hydrogens is 232 g/mol. The zero-order chi connectivity index (χ0) is 12.4. The molecule has 18 heavy (non-hydrogen) atoms. The van der Waals surface area contributed by atoms with Crippen LogP contribution in [0.5, 0.6) is 11.5 Å². The van der Waals surface area contributed by atoms with Crippen molar-refractivity contribution >= 4 is 5.69 Å². The van der Waals surface area contributed by atoms with E-state index in [9.17, 15) is 0 Å². The SMILES string of the molecule is COCC1CNCCN1c1ccc2c(c1)OCO2. The van der Waals surface area contributed by atoms with Crippen LogP contribution in [0.25, 0.3) is 0 Å². The van der Waals surface area contributed by atoms with E-state index >= 15 is 0 Å². The van der Waals surface area contributed by atoms with Crippen molar-refractivity contribution in [2.45, 2.75) is 6.04 Å². The van der Waals surface area contributed by atoms with Gasteiger partial charge in [-0.25, -0.2) is 0 Å². The van der Waals surface area contributed by atoms with Gasteiger partial charge in [-0.05, 0) is 12.1 Å². The van der Waals surface area contributed by atoms with Gasteiger partial charge < -0.3 is 24.4 Å². The summed E-state index contributed by atoms with van der Waals surface area (Å²) < 4.78 is 16.1. The number of anilines is 1. The van der Waals surface area contributed by atoms with Crippen LogP contribution >= 0.6 is 0 Å². The van der Waals surface area contributed by atoms with E-state index in [0.29, 0.717) is 12.8 Å². The molecule has 5 nitrogen and oxygen atoms in total. The number of ether oxygens (including phenoxy) is 3. The zero-order valence-electron chi connectivity index (χ0n) is 10.5. The smallest absolute Gasteiger partial charge is 0.231 e. The van der Waals surface area contributed by atoms with Crippen LogP contribution in [0.1, 0.15) is 0 Å². The first kappa shape index (κ1) is 11.6. The molecule has 1 aromatic carbocycles. The summed E-state index contributed by atoms with van der Waals surface area (Å²) in [7, 11) is 1.74. The molecule has 1 saturated heterocycles. The molecule has 0 bridgehead atoms. The van der Waals surface area contributed by atoms with E-state index in [2.05, 4.69) is 22.3 Å². The van der Waals surface area contributed by atoms with E-state index in [4.69, 9.17) is 14.2 Å². The summed E-state index contributed by atoms with van der Waals surface area (Å²) in [6.45, 7) is 3.97. The van der Waals surface area contributed by atoms with Crippen LogP contribution in [0.4, 0.5) is 5.69 Å². The summed E-state index contributed by atoms with van der Waals surface area (Å²) in [4.78, 5) is 2.36. The van der Waals surface area contributed by atoms with Crippen LogP contribution < -0.4 is 19.7 Å². The van der Waals surface area contributed by atoms with Crippen molar-refractivity contribution in [3.63, 3.8) is 0 Å². The normalized spacial score (nSPS) is 22.3. The van der Waals surface area contributed by atoms with Crippen molar-refractivity contribution in [1.82, 2.24) is 5.32 Å². The molecule has 0 saturated carbocycles. The predicted octanol–water partition coefficient (Wildman–Crippen LogP) is 0.840. The van der Waals surface area contributed by atoms with Crippen molar-refractivity contribution in [2.24, 2.45) is 0 Å². The lowest BCUT2D eigenvalue weighted by molar-refractivity contribution is 0.170. The van der Waals surface area contributed by atoms with Gasteiger partial charge in [0, 0.05) is 38.5 Å². The Morgan fingerprint density at radius 3 is 3.17 bits per heavy atom. The number of nitrogens with zero attached hydrogens (tertiary/aromatic N) is 1. The van der Waals surface area contributed by atoms with E-state index in [1.54, 1.807) is 7.11 Å². The predicted molar refractivity (Wildman–Crippen MR) is 68.4 cm³/mol. The Kier molecular flexibility index (Phi) is 3.25. The van der Waals surface area contributed by atoms with E-state index in [0.717, 1.165) is 37.7 Å². The maximum absolute atomic E-state index is 5.43. The highest BCUT2D eigenvalue weighted by atomic mass is 16.7. The molecule has 98 valence electrons. The maximum atomic E-state index is 5.43. The average molecular weight is 250 g/mol. The van der Waals surface area contributed by atoms with Crippen LogP contribution in [0.15, 0.2) is 18.2 Å². The van der Waals surface area contributed by atoms with Crippen LogP contribution in [0.3, 0.4) is 0 Å². The molecule has 0 spiro atoms. The third-order valence-corrected chi connectivity index (χ3v) is 3.40. The van der Waals surface area contributed by atoms with E-state index in [1.165, 1.54) is 5.69 Å². The van der Waals surface area contributed by atoms with Crippen molar-refractivity contribution in [3.05, 3.63) is 18.2 Å². The molecular formula is C13H18N2O3. The minimum absolute atomic E-state index is 0.321. The summed E-state index contributed by atoms with van der Waals surface area (Å²) in [6, 6.07) is 6.48. The Morgan fingerprint density at radius 2 is 2.28 bits per heavy atom. The second-order valence-electron chi connectivity index (χ2n) is 4.54. The fourth-order valence-corrected chi connectivity index (χ4v) is 2.51. The summed E-state index contributed by atoms with van der Waals surface area (Å²) in [5, 5.41) is 3.39. The molecule has 5 heteroatoms. The molecule has 2 aliphatic heterocycles. The zero-order valence-corrected chi connectivity index (χ0v) is 10.5. The first-order valence-corrected chi connectivity index (χ1v) is 6.24. The van der Waals surface area contributed by atoms with E-state index < -0.39 is 0 Å². The molecule has 0 radical (unpaired) electrons. The monoisotopic (exact) mass is 250 g/mol. The topological polar surface area (TPSA) is 43.0 Å². The molecule has 0 aliphatic carbocycles. The number of benzene rings is 1. The largest absolute Gasteiger partial charge is 0.454 e. The van der Waals surface area contributed by atoms with Gasteiger partial charge in [-0.3, -0.25) is 0 Å². The number of piperazine rings is 1. The molecule has 0 amide bonds. The molecule has 2 heterocycles. The molecule has 2 aliphatic rings. The average Bonchev–Trinajstić information content (AvgIpc) is 2.87. The highest BCUT2D eigenvalue weighted by molar-refractivity contribution is 5.58. The fraction of sp³-hybridized carbons (Fsp3) is 0.538. The van der Waals surface area contributed by atoms with Gasteiger partial charge >= 0.3 is 0 Å². The third-order valence-electron chi connectivity index (χ3n) is 3.40. The van der Waals surface area contributed by atoms with Gasteiger partial charge in [-0.1, -0.05) is 0 Å². The Balaban J connectivity index is 1.83. The molecule has 0 aromatic heterocycles. The van der Waals surface area contributed by atoms with Gasteiger partial charge in [-0.2, -0.15) is 0 Å². The maximum Gasteiger partial charge on any atom is 0.231 e. The highest BCUT2D eigenvalue weighted by Crippen LogP contribution is 2.36. The summed E-state index contributed by atoms with van der Waals surface area (Å²) >= 11 is 0. The lowest BCUT2D eigenvalue weighted by Crippen LogP contribution is -2.53. The lowest BCUT2D eigenvalue weighted by Gasteiger charge is -2.37. The summed E-state index contributed by atoms with van der Waals surface area (Å²) in [5.41, 5.74) is 1.17. The number of rotatable bonds is 3. The van der Waals surface area contributed by atoms with Gasteiger partial charge in [0.2, 0.25) is 6.79 Å². The molecule has 1 atom stereocenters. The minimum Gasteiger partial charge on any atom is -0.454 e. The van der Waals surface area contributed by atoms with Gasteiger partial charge in [0.05, 0.1) is 12.6 Å². The Morgan fingerprint density at radius 1 is 1.39 bits per heavy atom. The number of hydrogen-bond donors (Lipinski definition) is 1. The molecule has 1 unspecified atom stereocenters. The lowest BCUT2D eigenvalue weighted by atomic mass is 10.1. The summed E-state index contributed by atoms with van der Waals surface area (Å²) in [5.74, 6) is 1.67. The third kappa shape index (κ3) is 2.11. The Bertz CT molecular complexity index is 423. The molecule has 1 N–H and O–H groups in total. The van der Waals surface area contributed by atoms with Gasteiger partial charge in [-0.15, -0.1) is 0 Å². The fourth-order valence-electron chi connectivity index (χ4n) is 2.51. The second kappa shape index (κ2) is 5.04. The van der Waals surface area contributed by atoms with Crippen LogP contribution in [0.2, 0.25) is 0 Å². The molecule has 1 fully saturated rings. The second-order valence-corrected chi connectivity index (χ2v) is 4.54. The van der Waals surface area contributed by atoms with E-state index in [-0.39, 0.29) is 0 Å².